The molecule has 2 aromatic rings. The van der Waals surface area contributed by atoms with Gasteiger partial charge in [-0.05, 0) is 68.1 Å². The van der Waals surface area contributed by atoms with Crippen LogP contribution in [0.2, 0.25) is 10.0 Å². The Morgan fingerprint density at radius 1 is 1.16 bits per heavy atom. The molecule has 1 aliphatic rings. The number of anilines is 1. The van der Waals surface area contributed by atoms with Gasteiger partial charge < -0.3 is 10.1 Å². The second-order valence-electron chi connectivity index (χ2n) is 7.77. The molecular formula is C23H28Cl2N2O4S. The number of nitrogens with zero attached hydrogens (tertiary/aromatic N) is 1. The topological polar surface area (TPSA) is 75.7 Å². The molecule has 174 valence electrons. The maximum atomic E-state index is 13.0. The van der Waals surface area contributed by atoms with Gasteiger partial charge in [0.15, 0.2) is 0 Å². The van der Waals surface area contributed by atoms with Gasteiger partial charge in [0.2, 0.25) is 15.9 Å². The van der Waals surface area contributed by atoms with E-state index < -0.39 is 10.0 Å². The van der Waals surface area contributed by atoms with E-state index in [1.807, 2.05) is 6.92 Å². The highest BCUT2D eigenvalue weighted by Crippen LogP contribution is 2.28. The molecule has 1 unspecified atom stereocenters. The van der Waals surface area contributed by atoms with Crippen molar-refractivity contribution in [2.24, 2.45) is 0 Å². The molecule has 1 amide bonds. The highest BCUT2D eigenvalue weighted by molar-refractivity contribution is 7.89. The molecule has 9 heteroatoms. The molecule has 1 N–H and O–H groups in total. The van der Waals surface area contributed by atoms with Crippen LogP contribution in [-0.2, 0) is 14.8 Å². The molecule has 1 saturated heterocycles. The van der Waals surface area contributed by atoms with Gasteiger partial charge in [0, 0.05) is 29.7 Å². The number of carbonyl (C=O) groups is 1. The lowest BCUT2D eigenvalue weighted by atomic mass is 10.0. The Balaban J connectivity index is 1.50. The van der Waals surface area contributed by atoms with Crippen LogP contribution in [0.4, 0.5) is 5.69 Å². The van der Waals surface area contributed by atoms with Crippen LogP contribution >= 0.6 is 23.2 Å². The molecule has 1 aliphatic heterocycles. The van der Waals surface area contributed by atoms with Gasteiger partial charge in [-0.2, -0.15) is 4.31 Å². The summed E-state index contributed by atoms with van der Waals surface area (Å²) in [6.45, 7) is 2.91. The predicted octanol–water partition coefficient (Wildman–Crippen LogP) is 5.74. The van der Waals surface area contributed by atoms with Crippen LogP contribution in [0.3, 0.4) is 0 Å². The van der Waals surface area contributed by atoms with Crippen LogP contribution in [0.1, 0.15) is 45.4 Å². The second-order valence-corrected chi connectivity index (χ2v) is 10.5. The third-order valence-corrected chi connectivity index (χ3v) is 7.99. The van der Waals surface area contributed by atoms with Crippen molar-refractivity contribution in [2.45, 2.75) is 56.4 Å². The number of amides is 1. The number of nitrogens with one attached hydrogen (secondary N) is 1. The van der Waals surface area contributed by atoms with Crippen LogP contribution in [-0.4, -0.2) is 37.8 Å². The van der Waals surface area contributed by atoms with Gasteiger partial charge in [-0.1, -0.05) is 36.5 Å². The van der Waals surface area contributed by atoms with Crippen molar-refractivity contribution in [3.63, 3.8) is 0 Å². The summed E-state index contributed by atoms with van der Waals surface area (Å²) in [6, 6.07) is 11.4. The summed E-state index contributed by atoms with van der Waals surface area (Å²) in [4.78, 5) is 12.5. The minimum Gasteiger partial charge on any atom is -0.492 e. The van der Waals surface area contributed by atoms with Crippen LogP contribution in [0.5, 0.6) is 5.75 Å². The Kier molecular flexibility index (Phi) is 8.82. The molecule has 6 nitrogen and oxygen atoms in total. The van der Waals surface area contributed by atoms with Gasteiger partial charge >= 0.3 is 0 Å². The molecular weight excluding hydrogens is 471 g/mol. The Hall–Kier alpha value is -1.80. The Bertz CT molecular complexity index is 1030. The predicted molar refractivity (Wildman–Crippen MR) is 128 cm³/mol. The quantitative estimate of drug-likeness (QED) is 0.446. The SMILES string of the molecule is CCC1CCCCN1S(=O)(=O)c1ccc(NC(=O)CCCOc2ccc(Cl)cc2Cl)cc1. The van der Waals surface area contributed by atoms with Crippen LogP contribution < -0.4 is 10.1 Å². The fourth-order valence-electron chi connectivity index (χ4n) is 3.77. The molecule has 3 rings (SSSR count). The maximum absolute atomic E-state index is 13.0. The van der Waals surface area contributed by atoms with Gasteiger partial charge in [0.1, 0.15) is 5.75 Å². The zero-order valence-corrected chi connectivity index (χ0v) is 20.3. The van der Waals surface area contributed by atoms with Crippen molar-refractivity contribution in [1.82, 2.24) is 4.31 Å². The van der Waals surface area contributed by atoms with Gasteiger partial charge in [0.25, 0.3) is 0 Å². The summed E-state index contributed by atoms with van der Waals surface area (Å²) in [5.41, 5.74) is 0.557. The van der Waals surface area contributed by atoms with Crippen LogP contribution in [0.25, 0.3) is 0 Å². The molecule has 32 heavy (non-hydrogen) atoms. The van der Waals surface area contributed by atoms with Gasteiger partial charge in [-0.25, -0.2) is 8.42 Å². The molecule has 2 aromatic carbocycles. The van der Waals surface area contributed by atoms with E-state index in [0.717, 1.165) is 25.7 Å². The molecule has 0 aromatic heterocycles. The van der Waals surface area contributed by atoms with Gasteiger partial charge in [-0.15, -0.1) is 0 Å². The molecule has 0 aliphatic carbocycles. The first-order valence-corrected chi connectivity index (χ1v) is 13.0. The summed E-state index contributed by atoms with van der Waals surface area (Å²) in [5.74, 6) is 0.348. The molecule has 1 atom stereocenters. The second kappa shape index (κ2) is 11.4. The number of halogens is 2. The Labute approximate surface area is 199 Å². The minimum absolute atomic E-state index is 0.0538. The van der Waals surface area contributed by atoms with Crippen molar-refractivity contribution in [1.29, 1.82) is 0 Å². The standard InChI is InChI=1S/C23H28Cl2N2O4S/c1-2-19-6-3-4-14-27(19)32(29,30)20-11-9-18(10-12-20)26-23(28)7-5-15-31-22-13-8-17(24)16-21(22)25/h8-13,16,19H,2-7,14-15H2,1H3,(H,26,28). The van der Waals surface area contributed by atoms with Gasteiger partial charge in [0.05, 0.1) is 16.5 Å². The van der Waals surface area contributed by atoms with Crippen LogP contribution in [0.15, 0.2) is 47.4 Å². The summed E-state index contributed by atoms with van der Waals surface area (Å²) in [7, 11) is -3.53. The number of benzene rings is 2. The zero-order valence-electron chi connectivity index (χ0n) is 18.0. The number of rotatable bonds is 9. The fraction of sp³-hybridized carbons (Fsp3) is 0.435. The summed E-state index contributed by atoms with van der Waals surface area (Å²) in [6.07, 6.45) is 4.42. The zero-order chi connectivity index (χ0) is 23.1. The summed E-state index contributed by atoms with van der Waals surface area (Å²) >= 11 is 11.9. The van der Waals surface area contributed by atoms with E-state index in [4.69, 9.17) is 27.9 Å². The highest BCUT2D eigenvalue weighted by atomic mass is 35.5. The van der Waals surface area contributed by atoms with Crippen molar-refractivity contribution >= 4 is 44.8 Å². The smallest absolute Gasteiger partial charge is 0.243 e. The van der Waals surface area contributed by atoms with E-state index in [1.54, 1.807) is 46.8 Å². The number of carbonyl (C=O) groups excluding carboxylic acids is 1. The Morgan fingerprint density at radius 2 is 1.91 bits per heavy atom. The van der Waals surface area contributed by atoms with E-state index in [0.29, 0.717) is 41.1 Å². The molecule has 0 radical (unpaired) electrons. The first-order chi connectivity index (χ1) is 15.3. The van der Waals surface area contributed by atoms with Crippen molar-refractivity contribution < 1.29 is 17.9 Å². The van der Waals surface area contributed by atoms with Crippen molar-refractivity contribution in [2.75, 3.05) is 18.5 Å². The van der Waals surface area contributed by atoms with E-state index >= 15 is 0 Å². The number of sulfonamides is 1. The number of hydrogen-bond acceptors (Lipinski definition) is 4. The summed E-state index contributed by atoms with van der Waals surface area (Å²) in [5, 5.41) is 3.74. The minimum atomic E-state index is -3.53. The maximum Gasteiger partial charge on any atom is 0.243 e. The average molecular weight is 499 g/mol. The van der Waals surface area contributed by atoms with Crippen molar-refractivity contribution in [3.05, 3.63) is 52.5 Å². The van der Waals surface area contributed by atoms with E-state index in [9.17, 15) is 13.2 Å². The first kappa shape index (κ1) is 24.8. The molecule has 0 spiro atoms. The molecule has 0 bridgehead atoms. The molecule has 1 fully saturated rings. The molecule has 1 heterocycles. The lowest BCUT2D eigenvalue weighted by Crippen LogP contribution is -2.43. The fourth-order valence-corrected chi connectivity index (χ4v) is 6.00. The number of hydrogen-bond donors (Lipinski definition) is 1. The van der Waals surface area contributed by atoms with E-state index in [1.165, 1.54) is 0 Å². The largest absolute Gasteiger partial charge is 0.492 e. The van der Waals surface area contributed by atoms with E-state index in [-0.39, 0.29) is 23.3 Å². The normalized spacial score (nSPS) is 17.2. The average Bonchev–Trinajstić information content (AvgIpc) is 2.78. The van der Waals surface area contributed by atoms with E-state index in [2.05, 4.69) is 5.32 Å². The monoisotopic (exact) mass is 498 g/mol. The van der Waals surface area contributed by atoms with Gasteiger partial charge in [-0.3, -0.25) is 4.79 Å². The highest BCUT2D eigenvalue weighted by Gasteiger charge is 2.32. The summed E-state index contributed by atoms with van der Waals surface area (Å²) < 4.78 is 33.3. The lowest BCUT2D eigenvalue weighted by Gasteiger charge is -2.34. The van der Waals surface area contributed by atoms with Crippen molar-refractivity contribution in [3.8, 4) is 5.75 Å². The number of piperidine rings is 1. The first-order valence-electron chi connectivity index (χ1n) is 10.8. The number of ether oxygens (including phenoxy) is 1. The van der Waals surface area contributed by atoms with Crippen LogP contribution in [0, 0.1) is 0 Å². The lowest BCUT2D eigenvalue weighted by molar-refractivity contribution is -0.116. The Morgan fingerprint density at radius 3 is 2.59 bits per heavy atom. The third kappa shape index (κ3) is 6.38. The third-order valence-electron chi connectivity index (χ3n) is 5.49. The molecule has 0 saturated carbocycles.